The Morgan fingerprint density at radius 2 is 1.96 bits per heavy atom. The van der Waals surface area contributed by atoms with E-state index in [4.69, 9.17) is 10.5 Å². The van der Waals surface area contributed by atoms with Gasteiger partial charge in [0.1, 0.15) is 11.4 Å². The van der Waals surface area contributed by atoms with Gasteiger partial charge in [0, 0.05) is 30.8 Å². The van der Waals surface area contributed by atoms with Gasteiger partial charge in [-0.05, 0) is 32.0 Å². The Kier molecular flexibility index (Phi) is 6.32. The summed E-state index contributed by atoms with van der Waals surface area (Å²) >= 11 is 0. The van der Waals surface area contributed by atoms with Crippen molar-refractivity contribution in [3.05, 3.63) is 23.8 Å². The van der Waals surface area contributed by atoms with E-state index in [1.54, 1.807) is 18.2 Å². The third kappa shape index (κ3) is 4.50. The van der Waals surface area contributed by atoms with Crippen molar-refractivity contribution in [2.45, 2.75) is 45.8 Å². The number of nitrogens with two attached hydrogens (primary N) is 1. The third-order valence-electron chi connectivity index (χ3n) is 3.83. The van der Waals surface area contributed by atoms with E-state index < -0.39 is 15.8 Å². The summed E-state index contributed by atoms with van der Waals surface area (Å²) in [6.45, 7) is 8.41. The van der Waals surface area contributed by atoms with E-state index in [9.17, 15) is 8.42 Å². The molecule has 0 aromatic heterocycles. The van der Waals surface area contributed by atoms with Crippen LogP contribution in [0.5, 0.6) is 5.75 Å². The van der Waals surface area contributed by atoms with Gasteiger partial charge < -0.3 is 10.5 Å². The fourth-order valence-electron chi connectivity index (χ4n) is 2.80. The first-order valence-corrected chi connectivity index (χ1v) is 8.98. The van der Waals surface area contributed by atoms with Gasteiger partial charge in [-0.15, -0.1) is 12.4 Å². The van der Waals surface area contributed by atoms with Crippen LogP contribution in [0.3, 0.4) is 0 Å². The molecule has 0 bridgehead atoms. The molecule has 23 heavy (non-hydrogen) atoms. The Hall–Kier alpha value is -1.02. The topological polar surface area (TPSA) is 84.7 Å². The van der Waals surface area contributed by atoms with Crippen LogP contribution in [0, 0.1) is 0 Å². The highest BCUT2D eigenvalue weighted by Gasteiger charge is 2.36. The Morgan fingerprint density at radius 3 is 2.52 bits per heavy atom. The SMILES string of the molecule is CCN(CC)S(=O)(=O)NC1CC(C)(C)Oc2ccc(N)cc21.Cl. The number of fused-ring (bicyclic) bond motifs is 1. The number of nitrogen functional groups attached to an aromatic ring is 1. The lowest BCUT2D eigenvalue weighted by atomic mass is 9.90. The molecule has 0 aliphatic carbocycles. The molecule has 8 heteroatoms. The fraction of sp³-hybridized carbons (Fsp3) is 0.600. The molecular formula is C15H26ClN3O3S. The monoisotopic (exact) mass is 363 g/mol. The maximum atomic E-state index is 12.5. The van der Waals surface area contributed by atoms with E-state index in [-0.39, 0.29) is 18.4 Å². The minimum Gasteiger partial charge on any atom is -0.487 e. The number of anilines is 1. The fourth-order valence-corrected chi connectivity index (χ4v) is 4.19. The number of halogens is 1. The lowest BCUT2D eigenvalue weighted by Crippen LogP contribution is -2.46. The predicted molar refractivity (Wildman–Crippen MR) is 95.1 cm³/mol. The number of benzene rings is 1. The Balaban J connectivity index is 0.00000264. The van der Waals surface area contributed by atoms with E-state index in [0.29, 0.717) is 30.9 Å². The molecule has 3 N–H and O–H groups in total. The molecule has 1 aromatic carbocycles. The zero-order valence-corrected chi connectivity index (χ0v) is 15.6. The molecule has 1 unspecified atom stereocenters. The molecule has 0 saturated heterocycles. The molecule has 0 saturated carbocycles. The van der Waals surface area contributed by atoms with Crippen LogP contribution in [0.4, 0.5) is 5.69 Å². The van der Waals surface area contributed by atoms with Gasteiger partial charge in [-0.3, -0.25) is 0 Å². The zero-order chi connectivity index (χ0) is 16.5. The highest BCUT2D eigenvalue weighted by molar-refractivity contribution is 7.87. The van der Waals surface area contributed by atoms with E-state index >= 15 is 0 Å². The Labute approximate surface area is 145 Å². The van der Waals surface area contributed by atoms with Crippen molar-refractivity contribution in [2.24, 2.45) is 0 Å². The molecule has 0 fully saturated rings. The first-order chi connectivity index (χ1) is 10.2. The zero-order valence-electron chi connectivity index (χ0n) is 14.0. The van der Waals surface area contributed by atoms with Crippen LogP contribution in [0.1, 0.15) is 45.7 Å². The van der Waals surface area contributed by atoms with Gasteiger partial charge in [-0.2, -0.15) is 17.4 Å². The third-order valence-corrected chi connectivity index (χ3v) is 5.61. The smallest absolute Gasteiger partial charge is 0.279 e. The highest BCUT2D eigenvalue weighted by atomic mass is 35.5. The van der Waals surface area contributed by atoms with Crippen molar-refractivity contribution in [1.29, 1.82) is 0 Å². The van der Waals surface area contributed by atoms with Crippen molar-refractivity contribution < 1.29 is 13.2 Å². The van der Waals surface area contributed by atoms with Crippen molar-refractivity contribution in [3.63, 3.8) is 0 Å². The van der Waals surface area contributed by atoms with Gasteiger partial charge >= 0.3 is 0 Å². The molecular weight excluding hydrogens is 338 g/mol. The number of rotatable bonds is 5. The van der Waals surface area contributed by atoms with Crippen LogP contribution < -0.4 is 15.2 Å². The molecule has 2 rings (SSSR count). The maximum absolute atomic E-state index is 12.5. The summed E-state index contributed by atoms with van der Waals surface area (Å²) in [5.41, 5.74) is 6.78. The van der Waals surface area contributed by atoms with Crippen LogP contribution in [0.15, 0.2) is 18.2 Å². The van der Waals surface area contributed by atoms with Gasteiger partial charge in [0.2, 0.25) is 0 Å². The van der Waals surface area contributed by atoms with E-state index in [1.165, 1.54) is 4.31 Å². The number of hydrogen-bond acceptors (Lipinski definition) is 4. The molecule has 6 nitrogen and oxygen atoms in total. The summed E-state index contributed by atoms with van der Waals surface area (Å²) in [5.74, 6) is 0.678. The number of nitrogens with zero attached hydrogens (tertiary/aromatic N) is 1. The first kappa shape index (κ1) is 20.0. The molecule has 0 radical (unpaired) electrons. The average molecular weight is 364 g/mol. The molecule has 0 amide bonds. The van der Waals surface area contributed by atoms with E-state index in [1.807, 2.05) is 27.7 Å². The van der Waals surface area contributed by atoms with Gasteiger partial charge in [0.15, 0.2) is 0 Å². The van der Waals surface area contributed by atoms with Crippen molar-refractivity contribution in [3.8, 4) is 5.75 Å². The van der Waals surface area contributed by atoms with Gasteiger partial charge in [0.05, 0.1) is 6.04 Å². The number of ether oxygens (including phenoxy) is 1. The largest absolute Gasteiger partial charge is 0.487 e. The van der Waals surface area contributed by atoms with Gasteiger partial charge in [0.25, 0.3) is 10.2 Å². The summed E-state index contributed by atoms with van der Waals surface area (Å²) in [4.78, 5) is 0. The summed E-state index contributed by atoms with van der Waals surface area (Å²) < 4.78 is 35.2. The summed E-state index contributed by atoms with van der Waals surface area (Å²) in [6, 6.07) is 4.98. The Bertz CT molecular complexity index is 645. The highest BCUT2D eigenvalue weighted by Crippen LogP contribution is 2.40. The van der Waals surface area contributed by atoms with Crippen LogP contribution in [-0.4, -0.2) is 31.4 Å². The Morgan fingerprint density at radius 1 is 1.35 bits per heavy atom. The number of nitrogens with one attached hydrogen (secondary N) is 1. The predicted octanol–water partition coefficient (Wildman–Crippen LogP) is 2.47. The second kappa shape index (κ2) is 7.25. The molecule has 0 spiro atoms. The molecule has 1 aromatic rings. The van der Waals surface area contributed by atoms with Crippen LogP contribution in [0.25, 0.3) is 0 Å². The maximum Gasteiger partial charge on any atom is 0.279 e. The molecule has 1 aliphatic heterocycles. The normalized spacial score (nSPS) is 19.6. The molecule has 1 atom stereocenters. The summed E-state index contributed by atoms with van der Waals surface area (Å²) in [7, 11) is -3.54. The molecule has 1 heterocycles. The standard InChI is InChI=1S/C15H25N3O3S.ClH/c1-5-18(6-2)22(19,20)17-13-10-15(3,4)21-14-8-7-11(16)9-12(13)14;/h7-9,13,17H,5-6,10,16H2,1-4H3;1H. The summed E-state index contributed by atoms with van der Waals surface area (Å²) in [5, 5.41) is 0. The van der Waals surface area contributed by atoms with Crippen LogP contribution in [0.2, 0.25) is 0 Å². The molecule has 1 aliphatic rings. The van der Waals surface area contributed by atoms with Gasteiger partial charge in [-0.1, -0.05) is 13.8 Å². The lowest BCUT2D eigenvalue weighted by molar-refractivity contribution is 0.0699. The minimum atomic E-state index is -3.54. The first-order valence-electron chi connectivity index (χ1n) is 7.54. The van der Waals surface area contributed by atoms with Crippen LogP contribution in [-0.2, 0) is 10.2 Å². The average Bonchev–Trinajstić information content (AvgIpc) is 2.39. The second-order valence-corrected chi connectivity index (χ2v) is 7.83. The number of hydrogen-bond donors (Lipinski definition) is 2. The second-order valence-electron chi connectivity index (χ2n) is 6.12. The van der Waals surface area contributed by atoms with Crippen LogP contribution >= 0.6 is 12.4 Å². The summed E-state index contributed by atoms with van der Waals surface area (Å²) in [6.07, 6.45) is 0.546. The van der Waals surface area contributed by atoms with Gasteiger partial charge in [-0.25, -0.2) is 0 Å². The van der Waals surface area contributed by atoms with E-state index in [0.717, 1.165) is 5.56 Å². The molecule has 132 valence electrons. The minimum absolute atomic E-state index is 0. The van der Waals surface area contributed by atoms with Crippen molar-refractivity contribution in [1.82, 2.24) is 9.03 Å². The van der Waals surface area contributed by atoms with Crippen molar-refractivity contribution in [2.75, 3.05) is 18.8 Å². The quantitative estimate of drug-likeness (QED) is 0.787. The van der Waals surface area contributed by atoms with E-state index in [2.05, 4.69) is 4.72 Å². The lowest BCUT2D eigenvalue weighted by Gasteiger charge is -2.38. The van der Waals surface area contributed by atoms with Crippen molar-refractivity contribution >= 4 is 28.3 Å².